The van der Waals surface area contributed by atoms with Crippen molar-refractivity contribution in [3.8, 4) is 5.75 Å². The molecule has 0 aliphatic carbocycles. The van der Waals surface area contributed by atoms with E-state index in [4.69, 9.17) is 15.4 Å². The van der Waals surface area contributed by atoms with E-state index in [0.29, 0.717) is 11.3 Å². The van der Waals surface area contributed by atoms with E-state index in [0.717, 1.165) is 15.6 Å². The number of benzene rings is 1. The van der Waals surface area contributed by atoms with Crippen LogP contribution in [0.3, 0.4) is 0 Å². The van der Waals surface area contributed by atoms with Gasteiger partial charge in [-0.15, -0.1) is 0 Å². The summed E-state index contributed by atoms with van der Waals surface area (Å²) >= 11 is 3.37. The van der Waals surface area contributed by atoms with Crippen molar-refractivity contribution in [3.63, 3.8) is 0 Å². The van der Waals surface area contributed by atoms with E-state index in [9.17, 15) is 8.42 Å². The Kier molecular flexibility index (Phi) is 4.26. The zero-order valence-electron chi connectivity index (χ0n) is 9.17. The number of hydrogen-bond donors (Lipinski definition) is 0. The molecular weight excluding hydrogens is 316 g/mol. The predicted molar refractivity (Wildman–Crippen MR) is 68.6 cm³/mol. The fraction of sp³-hybridized carbons (Fsp3) is 0.400. The third-order valence-electron chi connectivity index (χ3n) is 2.31. The van der Waals surface area contributed by atoms with Gasteiger partial charge in [-0.05, 0) is 31.0 Å². The maximum Gasteiger partial charge on any atom is 0.236 e. The van der Waals surface area contributed by atoms with Gasteiger partial charge in [-0.1, -0.05) is 15.9 Å². The lowest BCUT2D eigenvalue weighted by molar-refractivity contribution is 0.407. The largest absolute Gasteiger partial charge is 0.496 e. The van der Waals surface area contributed by atoms with E-state index in [-0.39, 0.29) is 5.75 Å². The molecule has 0 unspecified atom stereocenters. The monoisotopic (exact) mass is 326 g/mol. The van der Waals surface area contributed by atoms with Crippen LogP contribution in [0.1, 0.15) is 16.7 Å². The lowest BCUT2D eigenvalue weighted by Gasteiger charge is -2.14. The molecule has 0 radical (unpaired) electrons. The van der Waals surface area contributed by atoms with E-state index in [2.05, 4.69) is 15.9 Å². The van der Waals surface area contributed by atoms with Gasteiger partial charge >= 0.3 is 0 Å². The molecule has 0 N–H and O–H groups in total. The molecule has 0 saturated carbocycles. The molecular formula is C10H12BrClO3S. The molecule has 0 aliphatic heterocycles. The zero-order valence-corrected chi connectivity index (χ0v) is 12.3. The normalized spacial score (nSPS) is 11.6. The topological polar surface area (TPSA) is 43.4 Å². The van der Waals surface area contributed by atoms with Crippen LogP contribution in [-0.4, -0.2) is 15.5 Å². The first-order chi connectivity index (χ1) is 7.26. The number of aryl methyl sites for hydroxylation is 1. The Morgan fingerprint density at radius 2 is 2.00 bits per heavy atom. The van der Waals surface area contributed by atoms with Crippen molar-refractivity contribution in [2.24, 2.45) is 0 Å². The van der Waals surface area contributed by atoms with E-state index < -0.39 is 9.05 Å². The lowest BCUT2D eigenvalue weighted by atomic mass is 10.1. The average molecular weight is 328 g/mol. The van der Waals surface area contributed by atoms with Crippen LogP contribution in [-0.2, 0) is 14.8 Å². The van der Waals surface area contributed by atoms with Crippen molar-refractivity contribution in [2.75, 3.05) is 7.11 Å². The van der Waals surface area contributed by atoms with Gasteiger partial charge in [0.25, 0.3) is 0 Å². The van der Waals surface area contributed by atoms with Crippen LogP contribution in [0.5, 0.6) is 5.75 Å². The fourth-order valence-electron chi connectivity index (χ4n) is 1.55. The second-order valence-corrected chi connectivity index (χ2v) is 7.13. The van der Waals surface area contributed by atoms with Crippen LogP contribution < -0.4 is 4.74 Å². The lowest BCUT2D eigenvalue weighted by Crippen LogP contribution is -2.03. The molecule has 0 saturated heterocycles. The van der Waals surface area contributed by atoms with Gasteiger partial charge in [0.2, 0.25) is 9.05 Å². The van der Waals surface area contributed by atoms with Gasteiger partial charge in [0, 0.05) is 20.7 Å². The van der Waals surface area contributed by atoms with Gasteiger partial charge in [0.05, 0.1) is 12.9 Å². The highest BCUT2D eigenvalue weighted by Crippen LogP contribution is 2.33. The van der Waals surface area contributed by atoms with Crippen LogP contribution in [0.4, 0.5) is 0 Å². The molecule has 0 heterocycles. The SMILES string of the molecule is COc1c(C)cc(Br)c(C)c1CS(=O)(=O)Cl. The summed E-state index contributed by atoms with van der Waals surface area (Å²) in [5, 5.41) is 0. The molecule has 0 amide bonds. The Balaban J connectivity index is 3.45. The molecule has 0 aliphatic rings. The Labute approximate surface area is 108 Å². The molecule has 0 atom stereocenters. The number of rotatable bonds is 3. The van der Waals surface area contributed by atoms with Gasteiger partial charge in [0.1, 0.15) is 5.75 Å². The molecule has 90 valence electrons. The zero-order chi connectivity index (χ0) is 12.5. The molecule has 6 heteroatoms. The Morgan fingerprint density at radius 1 is 1.44 bits per heavy atom. The first kappa shape index (κ1) is 13.8. The Bertz CT molecular complexity index is 511. The molecule has 1 aromatic rings. The highest BCUT2D eigenvalue weighted by molar-refractivity contribution is 9.10. The summed E-state index contributed by atoms with van der Waals surface area (Å²) in [6, 6.07) is 1.89. The summed E-state index contributed by atoms with van der Waals surface area (Å²) in [5.74, 6) is 0.342. The molecule has 0 bridgehead atoms. The minimum absolute atomic E-state index is 0.232. The van der Waals surface area contributed by atoms with Gasteiger partial charge in [-0.2, -0.15) is 0 Å². The van der Waals surface area contributed by atoms with E-state index in [1.165, 1.54) is 7.11 Å². The number of ether oxygens (including phenoxy) is 1. The quantitative estimate of drug-likeness (QED) is 0.801. The molecule has 0 fully saturated rings. The molecule has 16 heavy (non-hydrogen) atoms. The number of hydrogen-bond acceptors (Lipinski definition) is 3. The maximum atomic E-state index is 11.1. The van der Waals surface area contributed by atoms with Crippen LogP contribution in [0, 0.1) is 13.8 Å². The standard InChI is InChI=1S/C10H12BrClO3S/c1-6-4-9(11)7(2)8(10(6)15-3)5-16(12,13)14/h4H,5H2,1-3H3. The van der Waals surface area contributed by atoms with Crippen LogP contribution in [0.15, 0.2) is 10.5 Å². The summed E-state index contributed by atoms with van der Waals surface area (Å²) in [4.78, 5) is 0. The van der Waals surface area contributed by atoms with E-state index in [1.807, 2.05) is 19.9 Å². The molecule has 1 aromatic carbocycles. The van der Waals surface area contributed by atoms with Crippen molar-refractivity contribution >= 4 is 35.7 Å². The summed E-state index contributed by atoms with van der Waals surface area (Å²) < 4.78 is 28.3. The van der Waals surface area contributed by atoms with Crippen LogP contribution >= 0.6 is 26.6 Å². The summed E-state index contributed by atoms with van der Waals surface area (Å²) in [6.45, 7) is 3.68. The van der Waals surface area contributed by atoms with Crippen molar-refractivity contribution in [3.05, 3.63) is 27.2 Å². The number of halogens is 2. The fourth-order valence-corrected chi connectivity index (χ4v) is 3.15. The van der Waals surface area contributed by atoms with Gasteiger partial charge in [-0.25, -0.2) is 8.42 Å². The van der Waals surface area contributed by atoms with Crippen LogP contribution in [0.2, 0.25) is 0 Å². The van der Waals surface area contributed by atoms with Crippen molar-refractivity contribution in [1.29, 1.82) is 0 Å². The first-order valence-corrected chi connectivity index (χ1v) is 7.78. The summed E-state index contributed by atoms with van der Waals surface area (Å²) in [7, 11) is 3.19. The minimum atomic E-state index is -3.59. The Morgan fingerprint density at radius 3 is 2.44 bits per heavy atom. The Hall–Kier alpha value is -0.260. The molecule has 3 nitrogen and oxygen atoms in total. The third kappa shape index (κ3) is 3.12. The van der Waals surface area contributed by atoms with E-state index in [1.54, 1.807) is 0 Å². The second kappa shape index (κ2) is 4.94. The summed E-state index contributed by atoms with van der Waals surface area (Å²) in [5.41, 5.74) is 2.30. The van der Waals surface area contributed by atoms with Crippen LogP contribution in [0.25, 0.3) is 0 Å². The van der Waals surface area contributed by atoms with Crippen molar-refractivity contribution in [1.82, 2.24) is 0 Å². The maximum absolute atomic E-state index is 11.1. The molecule has 0 aromatic heterocycles. The number of methoxy groups -OCH3 is 1. The van der Waals surface area contributed by atoms with E-state index >= 15 is 0 Å². The highest BCUT2D eigenvalue weighted by Gasteiger charge is 2.18. The van der Waals surface area contributed by atoms with Gasteiger partial charge < -0.3 is 4.74 Å². The average Bonchev–Trinajstić information content (AvgIpc) is 2.12. The smallest absolute Gasteiger partial charge is 0.236 e. The predicted octanol–water partition coefficient (Wildman–Crippen LogP) is 3.14. The third-order valence-corrected chi connectivity index (χ3v) is 4.09. The van der Waals surface area contributed by atoms with Crippen molar-refractivity contribution < 1.29 is 13.2 Å². The summed E-state index contributed by atoms with van der Waals surface area (Å²) in [6.07, 6.45) is 0. The first-order valence-electron chi connectivity index (χ1n) is 4.51. The highest BCUT2D eigenvalue weighted by atomic mass is 79.9. The second-order valence-electron chi connectivity index (χ2n) is 3.50. The van der Waals surface area contributed by atoms with Crippen molar-refractivity contribution in [2.45, 2.75) is 19.6 Å². The van der Waals surface area contributed by atoms with Gasteiger partial charge in [-0.3, -0.25) is 0 Å². The minimum Gasteiger partial charge on any atom is -0.496 e. The van der Waals surface area contributed by atoms with Gasteiger partial charge in [0.15, 0.2) is 0 Å². The molecule has 1 rings (SSSR count). The molecule has 0 spiro atoms.